The summed E-state index contributed by atoms with van der Waals surface area (Å²) in [7, 11) is 0. The van der Waals surface area contributed by atoms with E-state index in [1.54, 1.807) is 32.9 Å². The first-order valence-corrected chi connectivity index (χ1v) is 13.9. The van der Waals surface area contributed by atoms with Crippen LogP contribution in [0.5, 0.6) is 0 Å². The molecule has 0 saturated heterocycles. The van der Waals surface area contributed by atoms with E-state index in [1.807, 2.05) is 104 Å². The standard InChI is InChI=1S/2C9H16O2.2C8H14O2/c1-7(2)6-8(10)11-9(3,4)5;1-6-7(2)8(10)11-9(3,4)5;1-6(2)7(9)10-8(3,4)5;1-5-6-7(9)10-8(2,3)4/h2*6H,1-5H3;1H2,2-5H3;5-6H,1-4H3/b;7-6+;;6-5+. The summed E-state index contributed by atoms with van der Waals surface area (Å²) >= 11 is 0. The summed E-state index contributed by atoms with van der Waals surface area (Å²) in [6.45, 7) is 36.3. The van der Waals surface area contributed by atoms with Crippen molar-refractivity contribution in [1.82, 2.24) is 0 Å². The van der Waals surface area contributed by atoms with Crippen molar-refractivity contribution in [2.24, 2.45) is 0 Å². The van der Waals surface area contributed by atoms with Crippen LogP contribution in [0.15, 0.2) is 47.6 Å². The average molecular weight is 597 g/mol. The Balaban J connectivity index is -0.000000229. The van der Waals surface area contributed by atoms with Crippen LogP contribution >= 0.6 is 0 Å². The van der Waals surface area contributed by atoms with Gasteiger partial charge >= 0.3 is 23.9 Å². The van der Waals surface area contributed by atoms with E-state index in [0.29, 0.717) is 11.1 Å². The number of carbonyl (C=O) groups is 4. The molecule has 0 aliphatic rings. The zero-order valence-corrected chi connectivity index (χ0v) is 29.8. The van der Waals surface area contributed by atoms with Crippen molar-refractivity contribution < 1.29 is 38.1 Å². The van der Waals surface area contributed by atoms with Crippen LogP contribution in [-0.2, 0) is 38.1 Å². The quantitative estimate of drug-likeness (QED) is 0.181. The second kappa shape index (κ2) is 20.7. The second-order valence-electron chi connectivity index (χ2n) is 13.5. The molecule has 0 N–H and O–H groups in total. The highest BCUT2D eigenvalue weighted by atomic mass is 16.6. The van der Waals surface area contributed by atoms with Gasteiger partial charge in [0.2, 0.25) is 0 Å². The predicted molar refractivity (Wildman–Crippen MR) is 172 cm³/mol. The van der Waals surface area contributed by atoms with Gasteiger partial charge in [-0.3, -0.25) is 0 Å². The van der Waals surface area contributed by atoms with E-state index in [4.69, 9.17) is 18.9 Å². The molecule has 0 amide bonds. The highest BCUT2D eigenvalue weighted by Gasteiger charge is 2.17. The van der Waals surface area contributed by atoms with E-state index in [-0.39, 0.29) is 40.7 Å². The molecule has 0 aliphatic heterocycles. The van der Waals surface area contributed by atoms with Gasteiger partial charge in [-0.1, -0.05) is 24.3 Å². The molecular weight excluding hydrogens is 536 g/mol. The Kier molecular flexibility index (Phi) is 22.6. The third kappa shape index (κ3) is 41.3. The Morgan fingerprint density at radius 3 is 1.12 bits per heavy atom. The Morgan fingerprint density at radius 1 is 0.548 bits per heavy atom. The molecule has 8 heteroatoms. The molecule has 0 saturated carbocycles. The lowest BCUT2D eigenvalue weighted by molar-refractivity contribution is -0.150. The van der Waals surface area contributed by atoms with Crippen molar-refractivity contribution in [2.45, 2.75) is 147 Å². The number of hydrogen-bond acceptors (Lipinski definition) is 8. The lowest BCUT2D eigenvalue weighted by Crippen LogP contribution is -2.24. The average Bonchev–Trinajstić information content (AvgIpc) is 2.68. The van der Waals surface area contributed by atoms with E-state index in [0.717, 1.165) is 5.57 Å². The van der Waals surface area contributed by atoms with Crippen LogP contribution in [0, 0.1) is 0 Å². The Labute approximate surface area is 256 Å². The minimum absolute atomic E-state index is 0.236. The molecule has 8 nitrogen and oxygen atoms in total. The van der Waals surface area contributed by atoms with Crippen LogP contribution in [0.1, 0.15) is 125 Å². The molecule has 0 fully saturated rings. The van der Waals surface area contributed by atoms with Crippen LogP contribution in [0.3, 0.4) is 0 Å². The third-order valence-corrected chi connectivity index (χ3v) is 3.42. The zero-order valence-electron chi connectivity index (χ0n) is 29.8. The molecule has 244 valence electrons. The summed E-state index contributed by atoms with van der Waals surface area (Å²) in [5, 5.41) is 0. The maximum atomic E-state index is 11.1. The first-order valence-electron chi connectivity index (χ1n) is 13.9. The fourth-order valence-corrected chi connectivity index (χ4v) is 1.88. The summed E-state index contributed by atoms with van der Waals surface area (Å²) in [6.07, 6.45) is 6.30. The van der Waals surface area contributed by atoms with E-state index < -0.39 is 5.60 Å². The maximum absolute atomic E-state index is 11.1. The minimum Gasteiger partial charge on any atom is -0.457 e. The van der Waals surface area contributed by atoms with Crippen LogP contribution in [-0.4, -0.2) is 46.3 Å². The van der Waals surface area contributed by atoms with E-state index >= 15 is 0 Å². The van der Waals surface area contributed by atoms with Crippen molar-refractivity contribution in [3.63, 3.8) is 0 Å². The third-order valence-electron chi connectivity index (χ3n) is 3.42. The molecule has 0 radical (unpaired) electrons. The van der Waals surface area contributed by atoms with Crippen molar-refractivity contribution in [2.75, 3.05) is 0 Å². The molecule has 0 heterocycles. The van der Waals surface area contributed by atoms with Gasteiger partial charge in [-0.15, -0.1) is 0 Å². The molecule has 0 aliphatic carbocycles. The van der Waals surface area contributed by atoms with E-state index in [9.17, 15) is 19.2 Å². The molecule has 0 rings (SSSR count). The minimum atomic E-state index is -0.407. The maximum Gasteiger partial charge on any atom is 0.333 e. The van der Waals surface area contributed by atoms with E-state index in [1.165, 1.54) is 12.2 Å². The van der Waals surface area contributed by atoms with Crippen molar-refractivity contribution in [3.8, 4) is 0 Å². The van der Waals surface area contributed by atoms with Gasteiger partial charge in [-0.05, 0) is 125 Å². The van der Waals surface area contributed by atoms with Gasteiger partial charge in [-0.25, -0.2) is 19.2 Å². The van der Waals surface area contributed by atoms with Crippen LogP contribution in [0.25, 0.3) is 0 Å². The van der Waals surface area contributed by atoms with Gasteiger partial charge in [-0.2, -0.15) is 0 Å². The molecule has 42 heavy (non-hydrogen) atoms. The zero-order chi connectivity index (χ0) is 34.7. The summed E-state index contributed by atoms with van der Waals surface area (Å²) in [5.74, 6) is -1.11. The SMILES string of the molecule is C/C=C(\C)C(=O)OC(C)(C)C.C/C=C/C(=O)OC(C)(C)C.C=C(C)C(=O)OC(C)(C)C.CC(C)=CC(=O)OC(C)(C)C. The number of allylic oxidation sites excluding steroid dienone is 3. The summed E-state index contributed by atoms with van der Waals surface area (Å²) in [4.78, 5) is 43.7. The van der Waals surface area contributed by atoms with Crippen LogP contribution < -0.4 is 0 Å². The van der Waals surface area contributed by atoms with Gasteiger partial charge in [0.1, 0.15) is 22.4 Å². The molecule has 0 aromatic rings. The lowest BCUT2D eigenvalue weighted by Gasteiger charge is -2.19. The van der Waals surface area contributed by atoms with Gasteiger partial charge in [0, 0.05) is 23.3 Å². The predicted octanol–water partition coefficient (Wildman–Crippen LogP) is 8.40. The van der Waals surface area contributed by atoms with Crippen LogP contribution in [0.2, 0.25) is 0 Å². The Hall–Kier alpha value is -3.16. The Bertz CT molecular complexity index is 947. The molecule has 0 aromatic heterocycles. The monoisotopic (exact) mass is 596 g/mol. The first-order chi connectivity index (χ1) is 18.5. The van der Waals surface area contributed by atoms with E-state index in [2.05, 4.69) is 6.58 Å². The number of carbonyl (C=O) groups excluding carboxylic acids is 4. The summed E-state index contributed by atoms with van der Waals surface area (Å²) in [5.41, 5.74) is 0.492. The molecule has 0 spiro atoms. The molecule has 0 aromatic carbocycles. The molecule has 0 bridgehead atoms. The number of ether oxygens (including phenoxy) is 4. The Morgan fingerprint density at radius 2 is 0.881 bits per heavy atom. The van der Waals surface area contributed by atoms with Gasteiger partial charge in [0.15, 0.2) is 0 Å². The normalized spacial score (nSPS) is 11.6. The second-order valence-corrected chi connectivity index (χ2v) is 13.5. The van der Waals surface area contributed by atoms with Crippen LogP contribution in [0.4, 0.5) is 0 Å². The van der Waals surface area contributed by atoms with Gasteiger partial charge < -0.3 is 18.9 Å². The van der Waals surface area contributed by atoms with Gasteiger partial charge in [0.25, 0.3) is 0 Å². The smallest absolute Gasteiger partial charge is 0.333 e. The van der Waals surface area contributed by atoms with Crippen molar-refractivity contribution >= 4 is 23.9 Å². The highest BCUT2D eigenvalue weighted by Crippen LogP contribution is 2.11. The summed E-state index contributed by atoms with van der Waals surface area (Å²) in [6, 6.07) is 0. The molecule has 0 atom stereocenters. The van der Waals surface area contributed by atoms with Crippen molar-refractivity contribution in [1.29, 1.82) is 0 Å². The van der Waals surface area contributed by atoms with Gasteiger partial charge in [0.05, 0.1) is 0 Å². The topological polar surface area (TPSA) is 105 Å². The number of esters is 4. The largest absolute Gasteiger partial charge is 0.457 e. The number of rotatable bonds is 4. The lowest BCUT2D eigenvalue weighted by atomic mass is 10.2. The fourth-order valence-electron chi connectivity index (χ4n) is 1.88. The number of hydrogen-bond donors (Lipinski definition) is 0. The summed E-state index contributed by atoms with van der Waals surface area (Å²) < 4.78 is 20.0. The molecule has 0 unspecified atom stereocenters. The fraction of sp³-hybridized carbons (Fsp3) is 0.647. The molecular formula is C34H60O8. The highest BCUT2D eigenvalue weighted by molar-refractivity contribution is 5.88. The van der Waals surface area contributed by atoms with Crippen molar-refractivity contribution in [3.05, 3.63) is 47.6 Å². The first kappa shape index (κ1) is 45.8.